The second kappa shape index (κ2) is 6.17. The number of aromatic nitrogens is 2. The molecule has 1 aliphatic rings. The molecule has 0 saturated heterocycles. The molecule has 1 aromatic heterocycles. The van der Waals surface area contributed by atoms with Crippen molar-refractivity contribution >= 4 is 5.95 Å². The Hall–Kier alpha value is -2.37. The third-order valence-corrected chi connectivity index (χ3v) is 3.87. The number of anilines is 1. The van der Waals surface area contributed by atoms with Gasteiger partial charge in [0.05, 0.1) is 26.5 Å². The van der Waals surface area contributed by atoms with Crippen LogP contribution in [0.1, 0.15) is 30.0 Å². The summed E-state index contributed by atoms with van der Waals surface area (Å²) in [6.45, 7) is 0. The number of nitrogens with one attached hydrogen (secondary N) is 1. The van der Waals surface area contributed by atoms with Gasteiger partial charge in [0.1, 0.15) is 5.75 Å². The molecule has 1 aromatic carbocycles. The third kappa shape index (κ3) is 2.81. The molecule has 0 amide bonds. The summed E-state index contributed by atoms with van der Waals surface area (Å²) in [6, 6.07) is 6.18. The summed E-state index contributed by atoms with van der Waals surface area (Å²) < 4.78 is 23.5. The SMILES string of the molecule is COc1ccc2c(c1)CCCC2Nc1ncc(F)c(OC)n1. The summed E-state index contributed by atoms with van der Waals surface area (Å²) in [5.74, 6) is 0.608. The molecule has 0 bridgehead atoms. The lowest BCUT2D eigenvalue weighted by Gasteiger charge is -2.26. The van der Waals surface area contributed by atoms with Crippen molar-refractivity contribution in [3.05, 3.63) is 41.3 Å². The third-order valence-electron chi connectivity index (χ3n) is 3.87. The normalized spacial score (nSPS) is 16.8. The van der Waals surface area contributed by atoms with Crippen molar-refractivity contribution in [1.29, 1.82) is 0 Å². The molecule has 0 radical (unpaired) electrons. The number of aryl methyl sites for hydroxylation is 1. The smallest absolute Gasteiger partial charge is 0.255 e. The Bertz CT molecular complexity index is 678. The number of nitrogens with zero attached hydrogens (tertiary/aromatic N) is 2. The van der Waals surface area contributed by atoms with E-state index >= 15 is 0 Å². The molecule has 6 heteroatoms. The molecule has 1 aliphatic carbocycles. The van der Waals surface area contributed by atoms with Gasteiger partial charge in [-0.1, -0.05) is 6.07 Å². The minimum absolute atomic E-state index is 0.0525. The summed E-state index contributed by atoms with van der Waals surface area (Å²) in [5, 5.41) is 3.27. The van der Waals surface area contributed by atoms with Crippen molar-refractivity contribution in [1.82, 2.24) is 9.97 Å². The zero-order valence-corrected chi connectivity index (χ0v) is 12.6. The fraction of sp³-hybridized carbons (Fsp3) is 0.375. The van der Waals surface area contributed by atoms with Crippen LogP contribution in [0.3, 0.4) is 0 Å². The Balaban J connectivity index is 1.85. The Kier molecular flexibility index (Phi) is 4.09. The van der Waals surface area contributed by atoms with E-state index in [2.05, 4.69) is 27.4 Å². The Morgan fingerprint density at radius 2 is 2.14 bits per heavy atom. The number of methoxy groups -OCH3 is 2. The Morgan fingerprint density at radius 1 is 1.27 bits per heavy atom. The molecular formula is C16H18FN3O2. The van der Waals surface area contributed by atoms with Gasteiger partial charge in [0.2, 0.25) is 11.8 Å². The van der Waals surface area contributed by atoms with E-state index in [4.69, 9.17) is 9.47 Å². The first-order chi connectivity index (χ1) is 10.7. The van der Waals surface area contributed by atoms with Crippen molar-refractivity contribution in [3.63, 3.8) is 0 Å². The molecular weight excluding hydrogens is 285 g/mol. The van der Waals surface area contributed by atoms with Crippen molar-refractivity contribution in [3.8, 4) is 11.6 Å². The molecule has 0 saturated carbocycles. The lowest BCUT2D eigenvalue weighted by molar-refractivity contribution is 0.367. The largest absolute Gasteiger partial charge is 0.497 e. The average molecular weight is 303 g/mol. The van der Waals surface area contributed by atoms with Crippen molar-refractivity contribution in [2.45, 2.75) is 25.3 Å². The van der Waals surface area contributed by atoms with Gasteiger partial charge < -0.3 is 14.8 Å². The number of fused-ring (bicyclic) bond motifs is 1. The van der Waals surface area contributed by atoms with Gasteiger partial charge in [0.25, 0.3) is 5.88 Å². The molecule has 116 valence electrons. The molecule has 0 aliphatic heterocycles. The van der Waals surface area contributed by atoms with E-state index in [9.17, 15) is 4.39 Å². The molecule has 1 heterocycles. The fourth-order valence-electron chi connectivity index (χ4n) is 2.79. The van der Waals surface area contributed by atoms with E-state index in [1.54, 1.807) is 7.11 Å². The van der Waals surface area contributed by atoms with Crippen LogP contribution in [0.4, 0.5) is 10.3 Å². The Morgan fingerprint density at radius 3 is 2.91 bits per heavy atom. The average Bonchev–Trinajstić information content (AvgIpc) is 2.56. The number of hydrogen-bond donors (Lipinski definition) is 1. The minimum Gasteiger partial charge on any atom is -0.497 e. The Labute approximate surface area is 128 Å². The number of benzene rings is 1. The summed E-state index contributed by atoms with van der Waals surface area (Å²) in [7, 11) is 3.05. The van der Waals surface area contributed by atoms with Crippen LogP contribution in [-0.2, 0) is 6.42 Å². The second-order valence-corrected chi connectivity index (χ2v) is 5.20. The molecule has 2 aromatic rings. The van der Waals surface area contributed by atoms with Crippen LogP contribution < -0.4 is 14.8 Å². The van der Waals surface area contributed by atoms with Gasteiger partial charge >= 0.3 is 0 Å². The van der Waals surface area contributed by atoms with Crippen LogP contribution in [0.15, 0.2) is 24.4 Å². The highest BCUT2D eigenvalue weighted by Gasteiger charge is 2.21. The van der Waals surface area contributed by atoms with Gasteiger partial charge in [0.15, 0.2) is 0 Å². The molecule has 1 unspecified atom stereocenters. The van der Waals surface area contributed by atoms with Gasteiger partial charge in [-0.3, -0.25) is 0 Å². The highest BCUT2D eigenvalue weighted by atomic mass is 19.1. The van der Waals surface area contributed by atoms with Gasteiger partial charge in [-0.2, -0.15) is 9.37 Å². The molecule has 3 rings (SSSR count). The maximum atomic E-state index is 13.4. The van der Waals surface area contributed by atoms with Crippen LogP contribution in [0, 0.1) is 5.82 Å². The monoisotopic (exact) mass is 303 g/mol. The van der Waals surface area contributed by atoms with Crippen molar-refractivity contribution < 1.29 is 13.9 Å². The molecule has 0 fully saturated rings. The summed E-state index contributed by atoms with van der Waals surface area (Å²) >= 11 is 0. The van der Waals surface area contributed by atoms with Crippen molar-refractivity contribution in [2.24, 2.45) is 0 Å². The predicted octanol–water partition coefficient (Wildman–Crippen LogP) is 3.12. The fourth-order valence-corrected chi connectivity index (χ4v) is 2.79. The summed E-state index contributed by atoms with van der Waals surface area (Å²) in [5.41, 5.74) is 2.47. The van der Waals surface area contributed by atoms with E-state index in [-0.39, 0.29) is 11.9 Å². The van der Waals surface area contributed by atoms with Crippen LogP contribution in [0.2, 0.25) is 0 Å². The van der Waals surface area contributed by atoms with E-state index < -0.39 is 5.82 Å². The highest BCUT2D eigenvalue weighted by Crippen LogP contribution is 2.34. The first kappa shape index (κ1) is 14.6. The minimum atomic E-state index is -0.568. The zero-order valence-electron chi connectivity index (χ0n) is 12.6. The van der Waals surface area contributed by atoms with Gasteiger partial charge in [-0.25, -0.2) is 4.98 Å². The highest BCUT2D eigenvalue weighted by molar-refractivity contribution is 5.43. The summed E-state index contributed by atoms with van der Waals surface area (Å²) in [4.78, 5) is 8.03. The quantitative estimate of drug-likeness (QED) is 0.940. The van der Waals surface area contributed by atoms with Gasteiger partial charge in [-0.05, 0) is 42.5 Å². The second-order valence-electron chi connectivity index (χ2n) is 5.20. The standard InChI is InChI=1S/C16H18FN3O2/c1-21-11-6-7-12-10(8-11)4-3-5-14(12)19-16-18-9-13(17)15(20-16)22-2/h6-9,14H,3-5H2,1-2H3,(H,18,19,20). The van der Waals surface area contributed by atoms with Gasteiger partial charge in [-0.15, -0.1) is 0 Å². The first-order valence-electron chi connectivity index (χ1n) is 7.21. The molecule has 5 nitrogen and oxygen atoms in total. The van der Waals surface area contributed by atoms with Crippen LogP contribution in [-0.4, -0.2) is 24.2 Å². The van der Waals surface area contributed by atoms with E-state index in [0.29, 0.717) is 5.95 Å². The zero-order chi connectivity index (χ0) is 15.5. The van der Waals surface area contributed by atoms with Crippen LogP contribution in [0.25, 0.3) is 0 Å². The van der Waals surface area contributed by atoms with E-state index in [1.165, 1.54) is 18.2 Å². The first-order valence-corrected chi connectivity index (χ1v) is 7.21. The predicted molar refractivity (Wildman–Crippen MR) is 80.8 cm³/mol. The lowest BCUT2D eigenvalue weighted by Crippen LogP contribution is -2.19. The molecule has 1 atom stereocenters. The van der Waals surface area contributed by atoms with E-state index in [1.807, 2.05) is 6.07 Å². The van der Waals surface area contributed by atoms with Crippen LogP contribution in [0.5, 0.6) is 11.6 Å². The number of ether oxygens (including phenoxy) is 2. The van der Waals surface area contributed by atoms with E-state index in [0.717, 1.165) is 31.2 Å². The number of hydrogen-bond acceptors (Lipinski definition) is 5. The maximum absolute atomic E-state index is 13.4. The van der Waals surface area contributed by atoms with Gasteiger partial charge in [0, 0.05) is 0 Å². The number of halogens is 1. The molecule has 0 spiro atoms. The summed E-state index contributed by atoms with van der Waals surface area (Å²) in [6.07, 6.45) is 4.18. The lowest BCUT2D eigenvalue weighted by atomic mass is 9.87. The number of rotatable bonds is 4. The molecule has 1 N–H and O–H groups in total. The maximum Gasteiger partial charge on any atom is 0.255 e. The van der Waals surface area contributed by atoms with Crippen molar-refractivity contribution in [2.75, 3.05) is 19.5 Å². The topological polar surface area (TPSA) is 56.3 Å². The molecule has 22 heavy (non-hydrogen) atoms. The van der Waals surface area contributed by atoms with Crippen LogP contribution >= 0.6 is 0 Å².